The molecular weight excluding hydrogens is 234 g/mol. The lowest BCUT2D eigenvalue weighted by atomic mass is 9.85. The van der Waals surface area contributed by atoms with Gasteiger partial charge >= 0.3 is 0 Å². The average molecular weight is 261 g/mol. The Hall–Kier alpha value is -1.18. The Morgan fingerprint density at radius 2 is 1.84 bits per heavy atom. The van der Waals surface area contributed by atoms with Crippen molar-refractivity contribution in [3.05, 3.63) is 23.3 Å². The number of aryl methyl sites for hydroxylation is 2. The van der Waals surface area contributed by atoms with E-state index in [-0.39, 0.29) is 0 Å². The summed E-state index contributed by atoms with van der Waals surface area (Å²) in [7, 11) is 0. The molecule has 2 nitrogen and oxygen atoms in total. The van der Waals surface area contributed by atoms with Crippen molar-refractivity contribution in [3.8, 4) is 5.75 Å². The van der Waals surface area contributed by atoms with E-state index in [2.05, 4.69) is 32.2 Å². The van der Waals surface area contributed by atoms with E-state index in [0.29, 0.717) is 17.2 Å². The second-order valence-corrected chi connectivity index (χ2v) is 6.89. The van der Waals surface area contributed by atoms with Crippen LogP contribution in [0.3, 0.4) is 0 Å². The number of rotatable bonds is 2. The summed E-state index contributed by atoms with van der Waals surface area (Å²) in [5.74, 6) is 0.394. The minimum Gasteiger partial charge on any atom is -0.508 e. The number of phenols is 1. The second-order valence-electron chi connectivity index (χ2n) is 6.89. The topological polar surface area (TPSA) is 32.3 Å². The minimum atomic E-state index is 0.394. The molecule has 2 heteroatoms. The molecule has 0 aromatic heterocycles. The standard InChI is InChI=1S/C17H27NO/c1-12-11-16(19)13(2)10-15(12)18-14-6-5-8-17(3,4)9-7-14/h10-11,14,18-19H,5-9H2,1-4H3. The van der Waals surface area contributed by atoms with E-state index in [9.17, 15) is 5.11 Å². The zero-order valence-electron chi connectivity index (χ0n) is 12.7. The summed E-state index contributed by atoms with van der Waals surface area (Å²) in [5.41, 5.74) is 3.75. The van der Waals surface area contributed by atoms with Crippen molar-refractivity contribution in [2.75, 3.05) is 5.32 Å². The Labute approximate surface area is 117 Å². The molecule has 2 N–H and O–H groups in total. The highest BCUT2D eigenvalue weighted by atomic mass is 16.3. The van der Waals surface area contributed by atoms with E-state index in [1.165, 1.54) is 37.8 Å². The Kier molecular flexibility index (Phi) is 4.07. The monoisotopic (exact) mass is 261 g/mol. The molecule has 1 aromatic carbocycles. The maximum atomic E-state index is 9.72. The third kappa shape index (κ3) is 3.65. The molecule has 106 valence electrons. The minimum absolute atomic E-state index is 0.394. The maximum Gasteiger partial charge on any atom is 0.118 e. The van der Waals surface area contributed by atoms with Gasteiger partial charge in [-0.2, -0.15) is 0 Å². The lowest BCUT2D eigenvalue weighted by molar-refractivity contribution is 0.313. The number of hydrogen-bond donors (Lipinski definition) is 2. The van der Waals surface area contributed by atoms with Gasteiger partial charge in [0.25, 0.3) is 0 Å². The number of hydrogen-bond acceptors (Lipinski definition) is 2. The van der Waals surface area contributed by atoms with Gasteiger partial charge in [-0.1, -0.05) is 20.3 Å². The molecule has 0 saturated heterocycles. The third-order valence-corrected chi connectivity index (χ3v) is 4.48. The van der Waals surface area contributed by atoms with Crippen LogP contribution in [0, 0.1) is 19.3 Å². The van der Waals surface area contributed by atoms with Crippen LogP contribution in [0.5, 0.6) is 5.75 Å². The fourth-order valence-corrected chi connectivity index (χ4v) is 2.98. The summed E-state index contributed by atoms with van der Waals surface area (Å²) in [4.78, 5) is 0. The third-order valence-electron chi connectivity index (χ3n) is 4.48. The number of nitrogens with one attached hydrogen (secondary N) is 1. The maximum absolute atomic E-state index is 9.72. The van der Waals surface area contributed by atoms with Gasteiger partial charge in [0.1, 0.15) is 5.75 Å². The van der Waals surface area contributed by atoms with E-state index in [1.54, 1.807) is 0 Å². The zero-order valence-corrected chi connectivity index (χ0v) is 12.7. The smallest absolute Gasteiger partial charge is 0.118 e. The Bertz CT molecular complexity index is 451. The summed E-state index contributed by atoms with van der Waals surface area (Å²) >= 11 is 0. The van der Waals surface area contributed by atoms with Gasteiger partial charge in [-0.25, -0.2) is 0 Å². The molecule has 0 heterocycles. The molecule has 1 fully saturated rings. The molecule has 2 rings (SSSR count). The zero-order chi connectivity index (χ0) is 14.0. The van der Waals surface area contributed by atoms with Crippen LogP contribution in [0.15, 0.2) is 12.1 Å². The summed E-state index contributed by atoms with van der Waals surface area (Å²) < 4.78 is 0. The van der Waals surface area contributed by atoms with Crippen LogP contribution in [0.4, 0.5) is 5.69 Å². The Balaban J connectivity index is 2.07. The van der Waals surface area contributed by atoms with E-state index in [1.807, 2.05) is 13.0 Å². The highest BCUT2D eigenvalue weighted by molar-refractivity contribution is 5.57. The summed E-state index contributed by atoms with van der Waals surface area (Å²) in [6.07, 6.45) is 6.43. The first kappa shape index (κ1) is 14.2. The van der Waals surface area contributed by atoms with E-state index < -0.39 is 0 Å². The molecule has 0 amide bonds. The van der Waals surface area contributed by atoms with Crippen molar-refractivity contribution in [3.63, 3.8) is 0 Å². The summed E-state index contributed by atoms with van der Waals surface area (Å²) in [6, 6.07) is 4.50. The van der Waals surface area contributed by atoms with Gasteiger partial charge in [0, 0.05) is 11.7 Å². The quantitative estimate of drug-likeness (QED) is 0.593. The lowest BCUT2D eigenvalue weighted by Crippen LogP contribution is -2.19. The van der Waals surface area contributed by atoms with Gasteiger partial charge in [0.05, 0.1) is 0 Å². The SMILES string of the molecule is Cc1cc(NC2CCCC(C)(C)CC2)c(C)cc1O. The second kappa shape index (κ2) is 5.44. The van der Waals surface area contributed by atoms with Crippen molar-refractivity contribution < 1.29 is 5.11 Å². The molecular formula is C17H27NO. The predicted molar refractivity (Wildman–Crippen MR) is 81.9 cm³/mol. The van der Waals surface area contributed by atoms with Crippen molar-refractivity contribution in [1.82, 2.24) is 0 Å². The normalized spacial score (nSPS) is 22.8. The first-order chi connectivity index (χ1) is 8.87. The summed E-state index contributed by atoms with van der Waals surface area (Å²) in [6.45, 7) is 8.77. The molecule has 1 aliphatic rings. The fraction of sp³-hybridized carbons (Fsp3) is 0.647. The van der Waals surface area contributed by atoms with Crippen molar-refractivity contribution in [1.29, 1.82) is 0 Å². The molecule has 0 radical (unpaired) electrons. The average Bonchev–Trinajstić information content (AvgIpc) is 2.48. The van der Waals surface area contributed by atoms with Crippen LogP contribution < -0.4 is 5.32 Å². The lowest BCUT2D eigenvalue weighted by Gasteiger charge is -2.23. The van der Waals surface area contributed by atoms with Crippen LogP contribution in [-0.4, -0.2) is 11.1 Å². The molecule has 1 saturated carbocycles. The van der Waals surface area contributed by atoms with Crippen LogP contribution >= 0.6 is 0 Å². The molecule has 0 aliphatic heterocycles. The molecule has 1 unspecified atom stereocenters. The molecule has 1 aromatic rings. The van der Waals surface area contributed by atoms with Gasteiger partial charge in [0.15, 0.2) is 0 Å². The predicted octanol–water partition coefficient (Wildman–Crippen LogP) is 4.78. The van der Waals surface area contributed by atoms with Gasteiger partial charge in [0.2, 0.25) is 0 Å². The number of benzene rings is 1. The van der Waals surface area contributed by atoms with Gasteiger partial charge < -0.3 is 10.4 Å². The molecule has 0 spiro atoms. The van der Waals surface area contributed by atoms with Gasteiger partial charge in [-0.3, -0.25) is 0 Å². The largest absolute Gasteiger partial charge is 0.508 e. The molecule has 19 heavy (non-hydrogen) atoms. The highest BCUT2D eigenvalue weighted by Crippen LogP contribution is 2.35. The highest BCUT2D eigenvalue weighted by Gasteiger charge is 2.24. The van der Waals surface area contributed by atoms with Crippen LogP contribution in [-0.2, 0) is 0 Å². The summed E-state index contributed by atoms with van der Waals surface area (Å²) in [5, 5.41) is 13.4. The number of phenolic OH excluding ortho intramolecular Hbond substituents is 1. The van der Waals surface area contributed by atoms with Gasteiger partial charge in [-0.05, 0) is 68.2 Å². The molecule has 1 atom stereocenters. The first-order valence-electron chi connectivity index (χ1n) is 7.44. The van der Waals surface area contributed by atoms with Gasteiger partial charge in [-0.15, -0.1) is 0 Å². The van der Waals surface area contributed by atoms with Crippen LogP contribution in [0.25, 0.3) is 0 Å². The van der Waals surface area contributed by atoms with E-state index in [0.717, 1.165) is 11.1 Å². The van der Waals surface area contributed by atoms with Crippen molar-refractivity contribution in [2.45, 2.75) is 65.8 Å². The number of anilines is 1. The van der Waals surface area contributed by atoms with E-state index >= 15 is 0 Å². The molecule has 1 aliphatic carbocycles. The van der Waals surface area contributed by atoms with E-state index in [4.69, 9.17) is 0 Å². The van der Waals surface area contributed by atoms with Crippen molar-refractivity contribution in [2.24, 2.45) is 5.41 Å². The van der Waals surface area contributed by atoms with Crippen molar-refractivity contribution >= 4 is 5.69 Å². The molecule has 0 bridgehead atoms. The number of aromatic hydroxyl groups is 1. The first-order valence-corrected chi connectivity index (χ1v) is 7.44. The fourth-order valence-electron chi connectivity index (χ4n) is 2.98. The van der Waals surface area contributed by atoms with Crippen LogP contribution in [0.2, 0.25) is 0 Å². The Morgan fingerprint density at radius 1 is 1.11 bits per heavy atom. The van der Waals surface area contributed by atoms with Crippen LogP contribution in [0.1, 0.15) is 57.1 Å². The Morgan fingerprint density at radius 3 is 2.58 bits per heavy atom.